The van der Waals surface area contributed by atoms with Gasteiger partial charge in [0.2, 0.25) is 0 Å². The van der Waals surface area contributed by atoms with Crippen LogP contribution in [-0.2, 0) is 14.6 Å². The van der Waals surface area contributed by atoms with Gasteiger partial charge in [-0.1, -0.05) is 24.3 Å². The summed E-state index contributed by atoms with van der Waals surface area (Å²) in [6.45, 7) is 7.50. The number of hydrogen-bond acceptors (Lipinski definition) is 4. The second-order valence-corrected chi connectivity index (χ2v) is 8.55. The van der Waals surface area contributed by atoms with Crippen molar-refractivity contribution < 1.29 is 17.9 Å². The van der Waals surface area contributed by atoms with Gasteiger partial charge in [0.05, 0.1) is 10.9 Å². The first-order chi connectivity index (χ1) is 12.1. The van der Waals surface area contributed by atoms with Crippen LogP contribution in [0, 0.1) is 13.8 Å². The van der Waals surface area contributed by atoms with Crippen LogP contribution < -0.4 is 10.1 Å². The van der Waals surface area contributed by atoms with Gasteiger partial charge in [-0.15, -0.1) is 0 Å². The van der Waals surface area contributed by atoms with Crippen LogP contribution in [0.1, 0.15) is 36.6 Å². The Kier molecular flexibility index (Phi) is 6.08. The number of nitrogens with one attached hydrogen (secondary N) is 1. The van der Waals surface area contributed by atoms with Crippen LogP contribution >= 0.6 is 0 Å². The van der Waals surface area contributed by atoms with Crippen LogP contribution in [-0.4, -0.2) is 26.7 Å². The summed E-state index contributed by atoms with van der Waals surface area (Å²) in [6, 6.07) is 12.0. The van der Waals surface area contributed by atoms with E-state index in [0.717, 1.165) is 16.7 Å². The monoisotopic (exact) mass is 375 g/mol. The van der Waals surface area contributed by atoms with Gasteiger partial charge in [0.25, 0.3) is 5.91 Å². The standard InChI is InChI=1S/C20H25NO4S/c1-13-7-6-8-19(14(13)2)25-16(4)20(22)21-15(3)17-9-11-18(12-10-17)26(5,23)24/h6-12,15-16H,1-5H3,(H,21,22)/t15-,16-/m1/s1. The number of carbonyl (C=O) groups excluding carboxylic acids is 1. The van der Waals surface area contributed by atoms with Crippen molar-refractivity contribution in [1.82, 2.24) is 5.32 Å². The number of aryl methyl sites for hydroxylation is 1. The fourth-order valence-corrected chi connectivity index (χ4v) is 3.14. The van der Waals surface area contributed by atoms with Gasteiger partial charge in [0.15, 0.2) is 15.9 Å². The lowest BCUT2D eigenvalue weighted by Crippen LogP contribution is -2.37. The van der Waals surface area contributed by atoms with Gasteiger partial charge in [-0.05, 0) is 62.6 Å². The molecule has 0 aliphatic rings. The molecule has 0 saturated heterocycles. The van der Waals surface area contributed by atoms with Crippen LogP contribution in [0.3, 0.4) is 0 Å². The largest absolute Gasteiger partial charge is 0.481 e. The zero-order valence-corrected chi connectivity index (χ0v) is 16.6. The van der Waals surface area contributed by atoms with Crippen molar-refractivity contribution in [3.8, 4) is 5.75 Å². The van der Waals surface area contributed by atoms with Crippen molar-refractivity contribution in [2.45, 2.75) is 44.7 Å². The molecule has 0 radical (unpaired) electrons. The Morgan fingerprint density at radius 3 is 2.23 bits per heavy atom. The number of benzene rings is 2. The first-order valence-electron chi connectivity index (χ1n) is 8.43. The molecule has 0 fully saturated rings. The maximum absolute atomic E-state index is 12.4. The van der Waals surface area contributed by atoms with Crippen molar-refractivity contribution in [2.24, 2.45) is 0 Å². The predicted octanol–water partition coefficient (Wildman–Crippen LogP) is 3.35. The van der Waals surface area contributed by atoms with E-state index in [4.69, 9.17) is 4.74 Å². The minimum Gasteiger partial charge on any atom is -0.481 e. The van der Waals surface area contributed by atoms with Crippen molar-refractivity contribution >= 4 is 15.7 Å². The molecule has 2 aromatic carbocycles. The lowest BCUT2D eigenvalue weighted by atomic mass is 10.1. The van der Waals surface area contributed by atoms with Gasteiger partial charge in [0.1, 0.15) is 5.75 Å². The van der Waals surface area contributed by atoms with Gasteiger partial charge < -0.3 is 10.1 Å². The molecule has 6 heteroatoms. The predicted molar refractivity (Wildman–Crippen MR) is 102 cm³/mol. The quantitative estimate of drug-likeness (QED) is 0.840. The Bertz CT molecular complexity index is 889. The first-order valence-corrected chi connectivity index (χ1v) is 10.3. The third kappa shape index (κ3) is 4.85. The Labute approximate surface area is 155 Å². The molecule has 0 aliphatic carbocycles. The molecule has 140 valence electrons. The second-order valence-electron chi connectivity index (χ2n) is 6.53. The number of carbonyl (C=O) groups is 1. The fraction of sp³-hybridized carbons (Fsp3) is 0.350. The van der Waals surface area contributed by atoms with Gasteiger partial charge in [-0.25, -0.2) is 8.42 Å². The zero-order valence-electron chi connectivity index (χ0n) is 15.7. The number of amides is 1. The summed E-state index contributed by atoms with van der Waals surface area (Å²) >= 11 is 0. The molecule has 2 rings (SSSR count). The van der Waals surface area contributed by atoms with E-state index in [1.807, 2.05) is 39.0 Å². The molecule has 0 bridgehead atoms. The highest BCUT2D eigenvalue weighted by Crippen LogP contribution is 2.22. The van der Waals surface area contributed by atoms with Gasteiger partial charge in [-0.3, -0.25) is 4.79 Å². The van der Waals surface area contributed by atoms with E-state index in [0.29, 0.717) is 5.75 Å². The van der Waals surface area contributed by atoms with Crippen molar-refractivity contribution in [1.29, 1.82) is 0 Å². The van der Waals surface area contributed by atoms with E-state index in [9.17, 15) is 13.2 Å². The van der Waals surface area contributed by atoms with Gasteiger partial charge in [0, 0.05) is 6.26 Å². The van der Waals surface area contributed by atoms with E-state index >= 15 is 0 Å². The summed E-state index contributed by atoms with van der Waals surface area (Å²) in [7, 11) is -3.23. The number of sulfone groups is 1. The third-order valence-corrected chi connectivity index (χ3v) is 5.52. The summed E-state index contributed by atoms with van der Waals surface area (Å²) in [5.41, 5.74) is 2.94. The van der Waals surface area contributed by atoms with E-state index in [2.05, 4.69) is 5.32 Å². The summed E-state index contributed by atoms with van der Waals surface area (Å²) in [5, 5.41) is 2.90. The topological polar surface area (TPSA) is 72.5 Å². The Hall–Kier alpha value is -2.34. The summed E-state index contributed by atoms with van der Waals surface area (Å²) in [4.78, 5) is 12.7. The normalized spacial score (nSPS) is 13.7. The van der Waals surface area contributed by atoms with Crippen molar-refractivity contribution in [3.63, 3.8) is 0 Å². The summed E-state index contributed by atoms with van der Waals surface area (Å²) in [5.74, 6) is 0.461. The lowest BCUT2D eigenvalue weighted by molar-refractivity contribution is -0.127. The molecule has 2 atom stereocenters. The Morgan fingerprint density at radius 1 is 1.04 bits per heavy atom. The molecule has 0 unspecified atom stereocenters. The highest BCUT2D eigenvalue weighted by atomic mass is 32.2. The molecular formula is C20H25NO4S. The minimum absolute atomic E-state index is 0.231. The van der Waals surface area contributed by atoms with Crippen LogP contribution in [0.4, 0.5) is 0 Å². The van der Waals surface area contributed by atoms with E-state index in [-0.39, 0.29) is 16.8 Å². The Morgan fingerprint density at radius 2 is 1.65 bits per heavy atom. The maximum Gasteiger partial charge on any atom is 0.261 e. The van der Waals surface area contributed by atoms with E-state index in [1.54, 1.807) is 31.2 Å². The molecule has 5 nitrogen and oxygen atoms in total. The highest BCUT2D eigenvalue weighted by Gasteiger charge is 2.19. The zero-order chi connectivity index (χ0) is 19.5. The first kappa shape index (κ1) is 20.0. The molecular weight excluding hydrogens is 350 g/mol. The van der Waals surface area contributed by atoms with Crippen LogP contribution in [0.25, 0.3) is 0 Å². The van der Waals surface area contributed by atoms with Crippen LogP contribution in [0.2, 0.25) is 0 Å². The Balaban J connectivity index is 2.03. The number of ether oxygens (including phenoxy) is 1. The molecule has 0 spiro atoms. The van der Waals surface area contributed by atoms with Gasteiger partial charge in [-0.2, -0.15) is 0 Å². The summed E-state index contributed by atoms with van der Waals surface area (Å²) < 4.78 is 28.8. The average Bonchev–Trinajstić information content (AvgIpc) is 2.58. The third-order valence-electron chi connectivity index (χ3n) is 4.39. The van der Waals surface area contributed by atoms with Crippen LogP contribution in [0.5, 0.6) is 5.75 Å². The van der Waals surface area contributed by atoms with Crippen molar-refractivity contribution in [3.05, 3.63) is 59.2 Å². The molecule has 0 saturated carbocycles. The van der Waals surface area contributed by atoms with Crippen molar-refractivity contribution in [2.75, 3.05) is 6.26 Å². The minimum atomic E-state index is -3.23. The summed E-state index contributed by atoms with van der Waals surface area (Å²) in [6.07, 6.45) is 0.521. The van der Waals surface area contributed by atoms with Gasteiger partial charge >= 0.3 is 0 Å². The number of rotatable bonds is 6. The van der Waals surface area contributed by atoms with E-state index in [1.165, 1.54) is 6.26 Å². The SMILES string of the molecule is Cc1cccc(O[C@H](C)C(=O)N[C@H](C)c2ccc(S(C)(=O)=O)cc2)c1C. The second kappa shape index (κ2) is 7.91. The maximum atomic E-state index is 12.4. The number of hydrogen-bond donors (Lipinski definition) is 1. The molecule has 1 N–H and O–H groups in total. The fourth-order valence-electron chi connectivity index (χ4n) is 2.51. The molecule has 2 aromatic rings. The smallest absolute Gasteiger partial charge is 0.261 e. The molecule has 0 aromatic heterocycles. The molecule has 0 aliphatic heterocycles. The van der Waals surface area contributed by atoms with Crippen LogP contribution in [0.15, 0.2) is 47.4 Å². The molecule has 26 heavy (non-hydrogen) atoms. The molecule has 1 amide bonds. The lowest BCUT2D eigenvalue weighted by Gasteiger charge is -2.20. The molecule has 0 heterocycles. The average molecular weight is 375 g/mol. The van der Waals surface area contributed by atoms with E-state index < -0.39 is 15.9 Å². The highest BCUT2D eigenvalue weighted by molar-refractivity contribution is 7.90.